The molecule has 1 aromatic heterocycles. The molecule has 1 heterocycles. The lowest BCUT2D eigenvalue weighted by atomic mass is 9.68. The quantitative estimate of drug-likeness (QED) is 0.215. The molecule has 0 saturated heterocycles. The molecule has 0 radical (unpaired) electrons. The van der Waals surface area contributed by atoms with Crippen LogP contribution in [0.5, 0.6) is 0 Å². The molecule has 202 valence electrons. The molecule has 0 saturated carbocycles. The molecular formula is C41H28N2. The number of hydrogen-bond acceptors (Lipinski definition) is 1. The van der Waals surface area contributed by atoms with E-state index in [1.807, 2.05) is 0 Å². The summed E-state index contributed by atoms with van der Waals surface area (Å²) in [5.74, 6) is 1.63. The highest BCUT2D eigenvalue weighted by Crippen LogP contribution is 2.53. The van der Waals surface area contributed by atoms with E-state index in [2.05, 4.69) is 162 Å². The van der Waals surface area contributed by atoms with E-state index >= 15 is 0 Å². The highest BCUT2D eigenvalue weighted by Gasteiger charge is 2.33. The van der Waals surface area contributed by atoms with Crippen molar-refractivity contribution in [1.82, 2.24) is 9.55 Å². The Morgan fingerprint density at radius 1 is 0.512 bits per heavy atom. The Balaban J connectivity index is 1.23. The normalized spacial score (nSPS) is 16.7. The summed E-state index contributed by atoms with van der Waals surface area (Å²) >= 11 is 0. The monoisotopic (exact) mass is 548 g/mol. The maximum atomic E-state index is 5.08. The van der Waals surface area contributed by atoms with E-state index in [0.29, 0.717) is 11.8 Å². The lowest BCUT2D eigenvalue weighted by molar-refractivity contribution is 0.721. The lowest BCUT2D eigenvalue weighted by Gasteiger charge is -2.35. The molecule has 6 aromatic carbocycles. The summed E-state index contributed by atoms with van der Waals surface area (Å²) in [7, 11) is 0. The van der Waals surface area contributed by atoms with E-state index in [-0.39, 0.29) is 0 Å². The van der Waals surface area contributed by atoms with Crippen LogP contribution < -0.4 is 0 Å². The minimum atomic E-state index is 0.323. The summed E-state index contributed by atoms with van der Waals surface area (Å²) in [6.45, 7) is 0. The van der Waals surface area contributed by atoms with Crippen LogP contribution in [0.2, 0.25) is 0 Å². The summed E-state index contributed by atoms with van der Waals surface area (Å²) in [4.78, 5) is 5.08. The highest BCUT2D eigenvalue weighted by molar-refractivity contribution is 6.08. The fourth-order valence-corrected chi connectivity index (χ4v) is 7.27. The number of imidazole rings is 1. The summed E-state index contributed by atoms with van der Waals surface area (Å²) in [5.41, 5.74) is 12.4. The molecule has 0 N–H and O–H groups in total. The molecule has 0 fully saturated rings. The van der Waals surface area contributed by atoms with E-state index in [0.717, 1.165) is 28.1 Å². The van der Waals surface area contributed by atoms with Crippen molar-refractivity contribution < 1.29 is 0 Å². The molecule has 9 rings (SSSR count). The molecule has 2 atom stereocenters. The molecule has 2 heteroatoms. The zero-order valence-corrected chi connectivity index (χ0v) is 23.6. The lowest BCUT2D eigenvalue weighted by Crippen LogP contribution is -2.17. The first kappa shape index (κ1) is 24.2. The molecule has 2 aliphatic rings. The van der Waals surface area contributed by atoms with E-state index in [1.54, 1.807) is 0 Å². The average Bonchev–Trinajstić information content (AvgIpc) is 3.48. The number of rotatable bonds is 3. The average molecular weight is 549 g/mol. The van der Waals surface area contributed by atoms with Crippen LogP contribution in [-0.4, -0.2) is 9.55 Å². The standard InChI is InChI=1S/C41H28N2/c1-2-12-29(13-3-1)43-39-21-11-10-20-38(39)42-41(43)28-24-22-27(23-25-28)36-26-37-32-16-5-4-14-30(32)31-15-6-8-18-34(31)40(37)35-19-9-7-17-33(35)36/h1-26,30,32H. The van der Waals surface area contributed by atoms with Gasteiger partial charge in [-0.05, 0) is 74.5 Å². The molecular weight excluding hydrogens is 520 g/mol. The van der Waals surface area contributed by atoms with E-state index in [9.17, 15) is 0 Å². The Hall–Kier alpha value is -5.47. The van der Waals surface area contributed by atoms with Crippen LogP contribution in [-0.2, 0) is 0 Å². The molecule has 2 nitrogen and oxygen atoms in total. The van der Waals surface area contributed by atoms with Gasteiger partial charge in [0.1, 0.15) is 5.82 Å². The predicted octanol–water partition coefficient (Wildman–Crippen LogP) is 10.5. The second kappa shape index (κ2) is 9.54. The Morgan fingerprint density at radius 3 is 2.00 bits per heavy atom. The molecule has 2 aliphatic carbocycles. The zero-order chi connectivity index (χ0) is 28.3. The minimum Gasteiger partial charge on any atom is -0.292 e. The smallest absolute Gasteiger partial charge is 0.145 e. The number of fused-ring (bicyclic) bond motifs is 9. The van der Waals surface area contributed by atoms with E-state index in [4.69, 9.17) is 4.98 Å². The van der Waals surface area contributed by atoms with Gasteiger partial charge < -0.3 is 0 Å². The van der Waals surface area contributed by atoms with Crippen molar-refractivity contribution in [2.45, 2.75) is 11.8 Å². The van der Waals surface area contributed by atoms with Crippen molar-refractivity contribution in [2.75, 3.05) is 0 Å². The van der Waals surface area contributed by atoms with Gasteiger partial charge in [-0.25, -0.2) is 4.98 Å². The number of hydrogen-bond donors (Lipinski definition) is 0. The molecule has 2 unspecified atom stereocenters. The predicted molar refractivity (Wildman–Crippen MR) is 179 cm³/mol. The second-order valence-electron chi connectivity index (χ2n) is 11.5. The van der Waals surface area contributed by atoms with Crippen molar-refractivity contribution in [1.29, 1.82) is 0 Å². The number of benzene rings is 6. The fraction of sp³-hybridized carbons (Fsp3) is 0.0488. The largest absolute Gasteiger partial charge is 0.292 e. The van der Waals surface area contributed by atoms with Crippen molar-refractivity contribution in [3.63, 3.8) is 0 Å². The molecule has 0 amide bonds. The third-order valence-electron chi connectivity index (χ3n) is 9.19. The van der Waals surface area contributed by atoms with Crippen LogP contribution in [0, 0.1) is 0 Å². The van der Waals surface area contributed by atoms with Crippen molar-refractivity contribution in [3.05, 3.63) is 169 Å². The maximum Gasteiger partial charge on any atom is 0.145 e. The Kier molecular flexibility index (Phi) is 5.36. The Bertz CT molecular complexity index is 2230. The number of allylic oxidation sites excluding steroid dienone is 4. The van der Waals surface area contributed by atoms with Crippen LogP contribution in [0.15, 0.2) is 158 Å². The van der Waals surface area contributed by atoms with Crippen LogP contribution in [0.1, 0.15) is 23.0 Å². The Labute approximate surface area is 250 Å². The molecule has 0 aliphatic heterocycles. The first-order chi connectivity index (χ1) is 21.3. The summed E-state index contributed by atoms with van der Waals surface area (Å²) in [6.07, 6.45) is 9.16. The van der Waals surface area contributed by atoms with Crippen LogP contribution in [0.25, 0.3) is 61.1 Å². The summed E-state index contributed by atoms with van der Waals surface area (Å²) in [5, 5.41) is 2.60. The molecule has 7 aromatic rings. The van der Waals surface area contributed by atoms with Crippen molar-refractivity contribution in [2.24, 2.45) is 0 Å². The van der Waals surface area contributed by atoms with Crippen LogP contribution in [0.4, 0.5) is 0 Å². The van der Waals surface area contributed by atoms with Gasteiger partial charge in [-0.15, -0.1) is 0 Å². The maximum absolute atomic E-state index is 5.08. The highest BCUT2D eigenvalue weighted by atomic mass is 15.1. The first-order valence-corrected chi connectivity index (χ1v) is 15.0. The second-order valence-corrected chi connectivity index (χ2v) is 11.5. The van der Waals surface area contributed by atoms with Gasteiger partial charge >= 0.3 is 0 Å². The summed E-state index contributed by atoms with van der Waals surface area (Å²) in [6, 6.07) is 48.2. The van der Waals surface area contributed by atoms with Crippen molar-refractivity contribution in [3.8, 4) is 39.3 Å². The van der Waals surface area contributed by atoms with Gasteiger partial charge in [0.25, 0.3) is 0 Å². The Morgan fingerprint density at radius 2 is 1.16 bits per heavy atom. The molecule has 43 heavy (non-hydrogen) atoms. The minimum absolute atomic E-state index is 0.323. The number of nitrogens with zero attached hydrogens (tertiary/aromatic N) is 2. The third kappa shape index (κ3) is 3.70. The van der Waals surface area contributed by atoms with Crippen molar-refractivity contribution >= 4 is 21.8 Å². The molecule has 0 bridgehead atoms. The van der Waals surface area contributed by atoms with Gasteiger partial charge in [0.2, 0.25) is 0 Å². The topological polar surface area (TPSA) is 17.8 Å². The first-order valence-electron chi connectivity index (χ1n) is 15.0. The fourth-order valence-electron chi connectivity index (χ4n) is 7.27. The van der Waals surface area contributed by atoms with Gasteiger partial charge in [0.05, 0.1) is 11.0 Å². The van der Waals surface area contributed by atoms with Crippen LogP contribution >= 0.6 is 0 Å². The summed E-state index contributed by atoms with van der Waals surface area (Å²) < 4.78 is 2.26. The van der Waals surface area contributed by atoms with E-state index < -0.39 is 0 Å². The number of aromatic nitrogens is 2. The van der Waals surface area contributed by atoms with Crippen LogP contribution in [0.3, 0.4) is 0 Å². The SMILES string of the molecule is C1=CC2c3ccccc3-c3c(cc(-c4ccc(-c5nc6ccccc6n5-c5ccccc5)cc4)c4ccccc34)C2C=C1. The van der Waals surface area contributed by atoms with Gasteiger partial charge in [-0.3, -0.25) is 4.57 Å². The number of para-hydroxylation sites is 3. The van der Waals surface area contributed by atoms with E-state index in [1.165, 1.54) is 44.2 Å². The van der Waals surface area contributed by atoms with Gasteiger partial charge in [-0.1, -0.05) is 127 Å². The zero-order valence-electron chi connectivity index (χ0n) is 23.6. The van der Waals surface area contributed by atoms with Gasteiger partial charge in [-0.2, -0.15) is 0 Å². The third-order valence-corrected chi connectivity index (χ3v) is 9.19. The van der Waals surface area contributed by atoms with Gasteiger partial charge in [0.15, 0.2) is 0 Å². The van der Waals surface area contributed by atoms with Gasteiger partial charge in [0, 0.05) is 23.1 Å². The molecule has 0 spiro atoms.